The first-order valence-electron chi connectivity index (χ1n) is 8.29. The molecule has 0 spiro atoms. The van der Waals surface area contributed by atoms with Crippen LogP contribution in [0.15, 0.2) is 29.2 Å². The molecule has 0 atom stereocenters. The van der Waals surface area contributed by atoms with E-state index in [0.717, 1.165) is 0 Å². The summed E-state index contributed by atoms with van der Waals surface area (Å²) in [7, 11) is -4.19. The summed E-state index contributed by atoms with van der Waals surface area (Å²) in [4.78, 5) is 11.5. The van der Waals surface area contributed by atoms with Gasteiger partial charge in [0.15, 0.2) is 0 Å². The number of hydrogen-bond donors (Lipinski definition) is 1. The largest absolute Gasteiger partial charge is 0.389 e. The summed E-state index contributed by atoms with van der Waals surface area (Å²) in [5.41, 5.74) is 0.695. The second-order valence-corrected chi connectivity index (χ2v) is 8.87. The molecule has 1 saturated carbocycles. The Kier molecular flexibility index (Phi) is 5.99. The Morgan fingerprint density at radius 2 is 1.88 bits per heavy atom. The molecule has 0 saturated heterocycles. The lowest BCUT2D eigenvalue weighted by atomic mass is 9.93. The number of halogens is 4. The van der Waals surface area contributed by atoms with Crippen molar-refractivity contribution >= 4 is 15.7 Å². The highest BCUT2D eigenvalue weighted by Gasteiger charge is 2.47. The number of nitrogens with one attached hydrogen (secondary N) is 1. The van der Waals surface area contributed by atoms with Gasteiger partial charge in [-0.2, -0.15) is 13.2 Å². The first-order valence-corrected chi connectivity index (χ1v) is 9.78. The van der Waals surface area contributed by atoms with Crippen molar-refractivity contribution in [2.24, 2.45) is 0 Å². The van der Waals surface area contributed by atoms with Crippen molar-refractivity contribution in [1.82, 2.24) is 5.32 Å². The second-order valence-electron chi connectivity index (χ2n) is 6.66. The summed E-state index contributed by atoms with van der Waals surface area (Å²) >= 11 is 0. The highest BCUT2D eigenvalue weighted by atomic mass is 32.2. The standard InChI is InChI=1S/C17H21F4NO3S/c1-12-3-2-4-14(11-12)26(24,25)16(18)8-5-13(6-9-16)22-15(23)7-10-17(19,20)21/h2-4,11,13H,5-10H2,1H3,(H,22,23)/t13-,16+. The van der Waals surface area contributed by atoms with Crippen LogP contribution in [0, 0.1) is 6.92 Å². The van der Waals surface area contributed by atoms with E-state index >= 15 is 4.39 Å². The number of hydrogen-bond acceptors (Lipinski definition) is 3. The number of benzene rings is 1. The lowest BCUT2D eigenvalue weighted by Gasteiger charge is -2.34. The Balaban J connectivity index is 1.97. The van der Waals surface area contributed by atoms with E-state index in [1.54, 1.807) is 13.0 Å². The molecule has 26 heavy (non-hydrogen) atoms. The van der Waals surface area contributed by atoms with E-state index in [-0.39, 0.29) is 30.6 Å². The molecule has 146 valence electrons. The SMILES string of the molecule is Cc1cccc(S(=O)(=O)[C@]2(F)CC[C@H](NC(=O)CCC(F)(F)F)CC2)c1. The van der Waals surface area contributed by atoms with E-state index in [0.29, 0.717) is 5.56 Å². The van der Waals surface area contributed by atoms with Crippen molar-refractivity contribution in [3.63, 3.8) is 0 Å². The molecular formula is C17H21F4NO3S. The van der Waals surface area contributed by atoms with Crippen LogP contribution >= 0.6 is 0 Å². The van der Waals surface area contributed by atoms with Crippen molar-refractivity contribution < 1.29 is 30.8 Å². The Morgan fingerprint density at radius 3 is 2.42 bits per heavy atom. The Hall–Kier alpha value is -1.64. The minimum Gasteiger partial charge on any atom is -0.353 e. The number of sulfone groups is 1. The average Bonchev–Trinajstić information content (AvgIpc) is 2.54. The van der Waals surface area contributed by atoms with Gasteiger partial charge in [0.25, 0.3) is 0 Å². The second kappa shape index (κ2) is 7.54. The molecule has 1 N–H and O–H groups in total. The number of amides is 1. The summed E-state index contributed by atoms with van der Waals surface area (Å²) in [5, 5.41) is -0.00739. The maximum Gasteiger partial charge on any atom is 0.389 e. The number of alkyl halides is 4. The van der Waals surface area contributed by atoms with Gasteiger partial charge in [-0.15, -0.1) is 0 Å². The number of carbonyl (C=O) groups is 1. The third kappa shape index (κ3) is 4.96. The topological polar surface area (TPSA) is 63.2 Å². The van der Waals surface area contributed by atoms with Gasteiger partial charge in [0, 0.05) is 12.5 Å². The zero-order chi connectivity index (χ0) is 19.6. The van der Waals surface area contributed by atoms with Gasteiger partial charge in [-0.1, -0.05) is 12.1 Å². The van der Waals surface area contributed by atoms with Crippen molar-refractivity contribution in [3.05, 3.63) is 29.8 Å². The van der Waals surface area contributed by atoms with Crippen LogP contribution in [0.3, 0.4) is 0 Å². The zero-order valence-corrected chi connectivity index (χ0v) is 15.1. The molecule has 9 heteroatoms. The van der Waals surface area contributed by atoms with Crippen LogP contribution in [0.4, 0.5) is 17.6 Å². The van der Waals surface area contributed by atoms with E-state index in [9.17, 15) is 26.4 Å². The van der Waals surface area contributed by atoms with Gasteiger partial charge in [0.05, 0.1) is 11.3 Å². The van der Waals surface area contributed by atoms with E-state index in [2.05, 4.69) is 5.32 Å². The maximum absolute atomic E-state index is 15.1. The van der Waals surface area contributed by atoms with E-state index in [4.69, 9.17) is 0 Å². The summed E-state index contributed by atoms with van der Waals surface area (Å²) in [5.74, 6) is -0.764. The molecule has 0 radical (unpaired) electrons. The minimum atomic E-state index is -4.42. The highest BCUT2D eigenvalue weighted by Crippen LogP contribution is 2.40. The first-order chi connectivity index (χ1) is 11.9. The fourth-order valence-corrected chi connectivity index (χ4v) is 4.81. The molecule has 1 amide bonds. The van der Waals surface area contributed by atoms with Crippen LogP contribution in [-0.4, -0.2) is 31.5 Å². The smallest absolute Gasteiger partial charge is 0.353 e. The van der Waals surface area contributed by atoms with Crippen LogP contribution in [0.2, 0.25) is 0 Å². The molecule has 0 heterocycles. The zero-order valence-electron chi connectivity index (χ0n) is 14.3. The van der Waals surface area contributed by atoms with Crippen molar-refractivity contribution in [1.29, 1.82) is 0 Å². The molecule has 1 fully saturated rings. The number of carbonyl (C=O) groups excluding carboxylic acids is 1. The van der Waals surface area contributed by atoms with Crippen LogP contribution < -0.4 is 5.32 Å². The van der Waals surface area contributed by atoms with E-state index < -0.39 is 45.8 Å². The predicted molar refractivity (Wildman–Crippen MR) is 87.9 cm³/mol. The average molecular weight is 395 g/mol. The van der Waals surface area contributed by atoms with Crippen LogP contribution in [0.25, 0.3) is 0 Å². The Morgan fingerprint density at radius 1 is 1.27 bits per heavy atom. The van der Waals surface area contributed by atoms with Gasteiger partial charge in [0.1, 0.15) is 0 Å². The summed E-state index contributed by atoms with van der Waals surface area (Å²) in [6.07, 6.45) is -6.85. The minimum absolute atomic E-state index is 0.0549. The van der Waals surface area contributed by atoms with E-state index in [1.807, 2.05) is 0 Å². The van der Waals surface area contributed by atoms with Crippen LogP contribution in [0.5, 0.6) is 0 Å². The van der Waals surface area contributed by atoms with Gasteiger partial charge >= 0.3 is 6.18 Å². The molecule has 0 aliphatic heterocycles. The fraction of sp³-hybridized carbons (Fsp3) is 0.588. The molecule has 1 aromatic rings. The molecule has 2 rings (SSSR count). The normalized spacial score (nSPS) is 24.3. The molecule has 1 aliphatic rings. The molecule has 1 aromatic carbocycles. The molecule has 4 nitrogen and oxygen atoms in total. The molecule has 0 unspecified atom stereocenters. The summed E-state index contributed by atoms with van der Waals surface area (Å²) in [6.45, 7) is 1.71. The number of aryl methyl sites for hydroxylation is 1. The monoisotopic (exact) mass is 395 g/mol. The van der Waals surface area contributed by atoms with Crippen LogP contribution in [-0.2, 0) is 14.6 Å². The quantitative estimate of drug-likeness (QED) is 0.771. The molecule has 0 bridgehead atoms. The van der Waals surface area contributed by atoms with Gasteiger partial charge in [-0.3, -0.25) is 4.79 Å². The van der Waals surface area contributed by atoms with Gasteiger partial charge in [-0.25, -0.2) is 12.8 Å². The molecule has 1 aliphatic carbocycles. The van der Waals surface area contributed by atoms with Gasteiger partial charge in [0.2, 0.25) is 20.7 Å². The third-order valence-corrected chi connectivity index (χ3v) is 6.76. The predicted octanol–water partition coefficient (Wildman–Crippen LogP) is 3.84. The Bertz CT molecular complexity index is 754. The Labute approximate surface area is 149 Å². The van der Waals surface area contributed by atoms with Crippen molar-refractivity contribution in [2.75, 3.05) is 0 Å². The summed E-state index contributed by atoms with van der Waals surface area (Å²) in [6, 6.07) is 5.47. The molecular weight excluding hydrogens is 374 g/mol. The molecule has 0 aromatic heterocycles. The highest BCUT2D eigenvalue weighted by molar-refractivity contribution is 7.92. The van der Waals surface area contributed by atoms with E-state index in [1.165, 1.54) is 18.2 Å². The summed E-state index contributed by atoms with van der Waals surface area (Å²) < 4.78 is 76.7. The van der Waals surface area contributed by atoms with Crippen molar-refractivity contribution in [3.8, 4) is 0 Å². The van der Waals surface area contributed by atoms with Crippen LogP contribution in [0.1, 0.15) is 44.1 Å². The lowest BCUT2D eigenvalue weighted by molar-refractivity contribution is -0.144. The first kappa shape index (κ1) is 20.7. The van der Waals surface area contributed by atoms with Crippen molar-refractivity contribution in [2.45, 2.75) is 67.6 Å². The lowest BCUT2D eigenvalue weighted by Crippen LogP contribution is -2.45. The fourth-order valence-electron chi connectivity index (χ4n) is 3.01. The number of rotatable bonds is 5. The van der Waals surface area contributed by atoms with Gasteiger partial charge < -0.3 is 5.32 Å². The van der Waals surface area contributed by atoms with Gasteiger partial charge in [-0.05, 0) is 50.3 Å². The maximum atomic E-state index is 15.1. The third-order valence-electron chi connectivity index (χ3n) is 4.51.